The van der Waals surface area contributed by atoms with Gasteiger partial charge in [-0.1, -0.05) is 69.1 Å². The Bertz CT molecular complexity index is 1250. The van der Waals surface area contributed by atoms with Crippen molar-refractivity contribution < 1.29 is 9.21 Å². The number of nitrogens with zero attached hydrogens (tertiary/aromatic N) is 3. The number of hydrogen-bond acceptors (Lipinski definition) is 7. The Morgan fingerprint density at radius 3 is 2.74 bits per heavy atom. The van der Waals surface area contributed by atoms with Crippen LogP contribution in [0.4, 0.5) is 5.82 Å². The number of hydrogen-bond donors (Lipinski definition) is 1. The van der Waals surface area contributed by atoms with E-state index in [1.165, 1.54) is 41.8 Å². The lowest BCUT2D eigenvalue weighted by Gasteiger charge is -2.14. The third-order valence-corrected chi connectivity index (χ3v) is 7.04. The number of aromatic nitrogens is 2. The van der Waals surface area contributed by atoms with Gasteiger partial charge in [0.1, 0.15) is 21.5 Å². The highest BCUT2D eigenvalue weighted by atomic mass is 32.2. The Kier molecular flexibility index (Phi) is 8.18. The van der Waals surface area contributed by atoms with Crippen LogP contribution in [0.1, 0.15) is 56.8 Å². The zero-order chi connectivity index (χ0) is 23.9. The lowest BCUT2D eigenvalue weighted by Crippen LogP contribution is -2.29. The summed E-state index contributed by atoms with van der Waals surface area (Å²) < 4.78 is 7.39. The van der Waals surface area contributed by atoms with Crippen molar-refractivity contribution in [3.05, 3.63) is 69.4 Å². The Morgan fingerprint density at radius 2 is 1.94 bits per heavy atom. The number of fused-ring (bicyclic) bond motifs is 1. The Hall–Kier alpha value is -2.91. The van der Waals surface area contributed by atoms with Crippen molar-refractivity contribution in [1.82, 2.24) is 14.3 Å². The maximum atomic E-state index is 13.3. The molecule has 34 heavy (non-hydrogen) atoms. The van der Waals surface area contributed by atoms with E-state index >= 15 is 0 Å². The van der Waals surface area contributed by atoms with Gasteiger partial charge < -0.3 is 9.73 Å². The number of carbonyl (C=O) groups excluding carboxylic acids is 1. The van der Waals surface area contributed by atoms with E-state index in [0.717, 1.165) is 12.8 Å². The minimum atomic E-state index is -0.256. The molecule has 4 rings (SSSR count). The van der Waals surface area contributed by atoms with E-state index in [1.54, 1.807) is 41.6 Å². The smallest absolute Gasteiger partial charge is 0.267 e. The largest absolute Gasteiger partial charge is 0.467 e. The number of carbonyl (C=O) groups is 1. The van der Waals surface area contributed by atoms with Crippen LogP contribution in [0.5, 0.6) is 0 Å². The van der Waals surface area contributed by atoms with Crippen LogP contribution in [-0.4, -0.2) is 31.1 Å². The van der Waals surface area contributed by atoms with Gasteiger partial charge in [0.15, 0.2) is 0 Å². The van der Waals surface area contributed by atoms with E-state index in [4.69, 9.17) is 16.6 Å². The van der Waals surface area contributed by atoms with Crippen LogP contribution >= 0.6 is 24.0 Å². The molecule has 0 spiro atoms. The van der Waals surface area contributed by atoms with Crippen LogP contribution in [0.15, 0.2) is 56.9 Å². The molecule has 1 N–H and O–H groups in total. The summed E-state index contributed by atoms with van der Waals surface area (Å²) in [6, 6.07) is 9.01. The maximum absolute atomic E-state index is 13.3. The summed E-state index contributed by atoms with van der Waals surface area (Å²) in [6.45, 7) is 3.16. The van der Waals surface area contributed by atoms with Gasteiger partial charge in [-0.3, -0.25) is 18.9 Å². The second kappa shape index (κ2) is 11.5. The molecule has 0 unspecified atom stereocenters. The first-order valence-corrected chi connectivity index (χ1v) is 12.8. The highest BCUT2D eigenvalue weighted by molar-refractivity contribution is 8.26. The molecular weight excluding hydrogens is 468 g/mol. The molecular formula is C25H28N4O3S2. The summed E-state index contributed by atoms with van der Waals surface area (Å²) in [5.41, 5.74) is 0.575. The summed E-state index contributed by atoms with van der Waals surface area (Å²) in [5.74, 6) is 0.957. The lowest BCUT2D eigenvalue weighted by molar-refractivity contribution is -0.122. The molecule has 1 aliphatic heterocycles. The maximum Gasteiger partial charge on any atom is 0.267 e. The second-order valence-corrected chi connectivity index (χ2v) is 9.82. The number of thiocarbonyl (C=S) groups is 1. The molecule has 3 aromatic rings. The highest BCUT2D eigenvalue weighted by Crippen LogP contribution is 2.33. The number of furan rings is 1. The molecule has 1 fully saturated rings. The molecule has 4 heterocycles. The molecule has 7 nitrogen and oxygen atoms in total. The third-order valence-electron chi connectivity index (χ3n) is 5.66. The van der Waals surface area contributed by atoms with E-state index in [1.807, 2.05) is 12.1 Å². The van der Waals surface area contributed by atoms with Crippen LogP contribution < -0.4 is 10.9 Å². The summed E-state index contributed by atoms with van der Waals surface area (Å²) in [5, 5.41) is 3.19. The third kappa shape index (κ3) is 5.59. The van der Waals surface area contributed by atoms with Crippen molar-refractivity contribution in [2.24, 2.45) is 0 Å². The number of anilines is 1. The zero-order valence-corrected chi connectivity index (χ0v) is 20.8. The van der Waals surface area contributed by atoms with Gasteiger partial charge in [-0.25, -0.2) is 4.98 Å². The van der Waals surface area contributed by atoms with Crippen LogP contribution in [0, 0.1) is 0 Å². The highest BCUT2D eigenvalue weighted by Gasteiger charge is 2.32. The summed E-state index contributed by atoms with van der Waals surface area (Å²) in [7, 11) is 0. The number of unbranched alkanes of at least 4 members (excludes halogenated alkanes) is 5. The van der Waals surface area contributed by atoms with Crippen molar-refractivity contribution in [1.29, 1.82) is 0 Å². The molecule has 0 radical (unpaired) electrons. The SMILES string of the molecule is CCCCCCCCN1C(=O)/C(=C/c2c(NCc3ccco3)nc3ccccn3c2=O)SC1=S. The average Bonchev–Trinajstić information content (AvgIpc) is 3.45. The number of rotatable bonds is 11. The molecule has 0 aromatic carbocycles. The fourth-order valence-electron chi connectivity index (χ4n) is 3.83. The summed E-state index contributed by atoms with van der Waals surface area (Å²) in [4.78, 5) is 33.1. The Balaban J connectivity index is 1.57. The van der Waals surface area contributed by atoms with Crippen LogP contribution in [0.2, 0.25) is 0 Å². The van der Waals surface area contributed by atoms with Crippen molar-refractivity contribution >= 4 is 51.7 Å². The molecule has 1 saturated heterocycles. The fraction of sp³-hybridized carbons (Fsp3) is 0.360. The van der Waals surface area contributed by atoms with Gasteiger partial charge in [0.2, 0.25) is 0 Å². The molecule has 0 atom stereocenters. The van der Waals surface area contributed by atoms with Gasteiger partial charge in [0.05, 0.1) is 23.3 Å². The van der Waals surface area contributed by atoms with Crippen LogP contribution in [0.25, 0.3) is 11.7 Å². The summed E-state index contributed by atoms with van der Waals surface area (Å²) in [6.07, 6.45) is 11.7. The van der Waals surface area contributed by atoms with Crippen molar-refractivity contribution in [3.63, 3.8) is 0 Å². The lowest BCUT2D eigenvalue weighted by atomic mass is 10.1. The number of amides is 1. The average molecular weight is 497 g/mol. The molecule has 1 aliphatic rings. The van der Waals surface area contributed by atoms with Crippen molar-refractivity contribution in [2.45, 2.75) is 52.0 Å². The number of nitrogens with one attached hydrogen (secondary N) is 1. The van der Waals surface area contributed by atoms with E-state index in [2.05, 4.69) is 17.2 Å². The van der Waals surface area contributed by atoms with Gasteiger partial charge in [-0.15, -0.1) is 0 Å². The van der Waals surface area contributed by atoms with E-state index < -0.39 is 0 Å². The van der Waals surface area contributed by atoms with E-state index in [-0.39, 0.29) is 11.5 Å². The predicted octanol–water partition coefficient (Wildman–Crippen LogP) is 5.46. The first-order chi connectivity index (χ1) is 16.6. The van der Waals surface area contributed by atoms with E-state index in [9.17, 15) is 9.59 Å². The second-order valence-electron chi connectivity index (χ2n) is 8.14. The zero-order valence-electron chi connectivity index (χ0n) is 19.2. The van der Waals surface area contributed by atoms with Crippen LogP contribution in [-0.2, 0) is 11.3 Å². The molecule has 1 amide bonds. The quantitative estimate of drug-likeness (QED) is 0.214. The molecule has 9 heteroatoms. The van der Waals surface area contributed by atoms with Crippen molar-refractivity contribution in [3.8, 4) is 0 Å². The first kappa shape index (κ1) is 24.2. The molecule has 0 bridgehead atoms. The molecule has 178 valence electrons. The topological polar surface area (TPSA) is 79.8 Å². The first-order valence-electron chi connectivity index (χ1n) is 11.6. The number of thioether (sulfide) groups is 1. The summed E-state index contributed by atoms with van der Waals surface area (Å²) >= 11 is 6.71. The van der Waals surface area contributed by atoms with Crippen LogP contribution in [0.3, 0.4) is 0 Å². The normalized spacial score (nSPS) is 15.1. The van der Waals surface area contributed by atoms with Gasteiger partial charge in [0.25, 0.3) is 11.5 Å². The van der Waals surface area contributed by atoms with E-state index in [0.29, 0.717) is 45.1 Å². The molecule has 3 aromatic heterocycles. The van der Waals surface area contributed by atoms with Gasteiger partial charge in [-0.05, 0) is 36.8 Å². The fourth-order valence-corrected chi connectivity index (χ4v) is 5.12. The molecule has 0 saturated carbocycles. The standard InChI is InChI=1S/C25H28N4O3S2/c1-2-3-4-5-6-8-14-29-24(31)20(34-25(29)33)16-19-22(26-17-18-11-10-15-32-18)27-21-12-7-9-13-28(21)23(19)30/h7,9-13,15-16,26H,2-6,8,14,17H2,1H3/b20-16-. The Labute approximate surface area is 208 Å². The number of pyridine rings is 1. The minimum Gasteiger partial charge on any atom is -0.467 e. The monoisotopic (exact) mass is 496 g/mol. The molecule has 0 aliphatic carbocycles. The van der Waals surface area contributed by atoms with Gasteiger partial charge in [-0.2, -0.15) is 0 Å². The van der Waals surface area contributed by atoms with Gasteiger partial charge in [0, 0.05) is 12.7 Å². The Morgan fingerprint density at radius 1 is 1.12 bits per heavy atom. The van der Waals surface area contributed by atoms with Crippen molar-refractivity contribution in [2.75, 3.05) is 11.9 Å². The van der Waals surface area contributed by atoms with Gasteiger partial charge >= 0.3 is 0 Å². The predicted molar refractivity (Wildman–Crippen MR) is 141 cm³/mol. The minimum absolute atomic E-state index is 0.155.